The SMILES string of the molecule is CCCNc1ccc([N+](=O)[O-])c(NCC(C)SC)n1. The minimum Gasteiger partial charge on any atom is -0.370 e. The summed E-state index contributed by atoms with van der Waals surface area (Å²) in [5.74, 6) is 0.985. The number of aromatic nitrogens is 1. The van der Waals surface area contributed by atoms with Gasteiger partial charge in [-0.3, -0.25) is 10.1 Å². The lowest BCUT2D eigenvalue weighted by Gasteiger charge is -2.12. The fraction of sp³-hybridized carbons (Fsp3) is 0.583. The predicted octanol–water partition coefficient (Wildman–Crippen LogP) is 2.98. The van der Waals surface area contributed by atoms with Gasteiger partial charge in [-0.15, -0.1) is 0 Å². The summed E-state index contributed by atoms with van der Waals surface area (Å²) in [5.41, 5.74) is 0.00958. The largest absolute Gasteiger partial charge is 0.370 e. The van der Waals surface area contributed by atoms with Crippen LogP contribution in [-0.4, -0.2) is 34.5 Å². The Morgan fingerprint density at radius 3 is 2.79 bits per heavy atom. The second kappa shape index (κ2) is 7.83. The summed E-state index contributed by atoms with van der Waals surface area (Å²) in [7, 11) is 0. The summed E-state index contributed by atoms with van der Waals surface area (Å²) in [5, 5.41) is 17.5. The van der Waals surface area contributed by atoms with Crippen LogP contribution in [0.4, 0.5) is 17.3 Å². The highest BCUT2D eigenvalue weighted by Crippen LogP contribution is 2.24. The van der Waals surface area contributed by atoms with Gasteiger partial charge in [0.05, 0.1) is 4.92 Å². The average Bonchev–Trinajstić information content (AvgIpc) is 2.42. The van der Waals surface area contributed by atoms with Gasteiger partial charge in [0.1, 0.15) is 5.82 Å². The Kier molecular flexibility index (Phi) is 6.41. The maximum absolute atomic E-state index is 11.0. The van der Waals surface area contributed by atoms with E-state index in [1.165, 1.54) is 6.07 Å². The lowest BCUT2D eigenvalue weighted by molar-refractivity contribution is -0.384. The van der Waals surface area contributed by atoms with Gasteiger partial charge in [0.15, 0.2) is 0 Å². The molecular weight excluding hydrogens is 264 g/mol. The van der Waals surface area contributed by atoms with Crippen molar-refractivity contribution in [3.05, 3.63) is 22.2 Å². The quantitative estimate of drug-likeness (QED) is 0.564. The second-order valence-corrected chi connectivity index (χ2v) is 5.45. The zero-order valence-corrected chi connectivity index (χ0v) is 12.3. The fourth-order valence-corrected chi connectivity index (χ4v) is 1.65. The summed E-state index contributed by atoms with van der Waals surface area (Å²) in [6.45, 7) is 5.55. The summed E-state index contributed by atoms with van der Waals surface area (Å²) in [4.78, 5) is 14.8. The third-order valence-electron chi connectivity index (χ3n) is 2.59. The molecular formula is C12H20N4O2S. The lowest BCUT2D eigenvalue weighted by atomic mass is 10.3. The summed E-state index contributed by atoms with van der Waals surface area (Å²) < 4.78 is 0. The van der Waals surface area contributed by atoms with E-state index in [9.17, 15) is 10.1 Å². The van der Waals surface area contributed by atoms with E-state index in [0.717, 1.165) is 13.0 Å². The van der Waals surface area contributed by atoms with Crippen molar-refractivity contribution in [1.29, 1.82) is 0 Å². The van der Waals surface area contributed by atoms with Crippen LogP contribution < -0.4 is 10.6 Å². The average molecular weight is 284 g/mol. The summed E-state index contributed by atoms with van der Waals surface area (Å²) in [6.07, 6.45) is 2.98. The Bertz CT molecular complexity index is 428. The molecule has 1 heterocycles. The van der Waals surface area contributed by atoms with Crippen LogP contribution >= 0.6 is 11.8 Å². The van der Waals surface area contributed by atoms with Gasteiger partial charge in [0.25, 0.3) is 0 Å². The minimum absolute atomic E-state index is 0.00958. The van der Waals surface area contributed by atoms with Gasteiger partial charge in [0, 0.05) is 24.4 Å². The standard InChI is InChI=1S/C12H20N4O2S/c1-4-7-13-11-6-5-10(16(17)18)12(15-11)14-8-9(2)19-3/h5-6,9H,4,7-8H2,1-3H3,(H2,13,14,15). The van der Waals surface area contributed by atoms with E-state index in [0.29, 0.717) is 23.4 Å². The molecule has 1 rings (SSSR count). The maximum atomic E-state index is 11.0. The van der Waals surface area contributed by atoms with E-state index in [1.54, 1.807) is 17.8 Å². The smallest absolute Gasteiger partial charge is 0.311 e. The van der Waals surface area contributed by atoms with Crippen LogP contribution in [0.25, 0.3) is 0 Å². The monoisotopic (exact) mass is 284 g/mol. The Morgan fingerprint density at radius 2 is 2.21 bits per heavy atom. The van der Waals surface area contributed by atoms with E-state index in [1.807, 2.05) is 6.26 Å². The number of hydrogen-bond donors (Lipinski definition) is 2. The van der Waals surface area contributed by atoms with Crippen LogP contribution in [-0.2, 0) is 0 Å². The number of rotatable bonds is 8. The number of nitrogens with zero attached hydrogens (tertiary/aromatic N) is 2. The van der Waals surface area contributed by atoms with Crippen molar-refractivity contribution in [2.75, 3.05) is 30.0 Å². The molecule has 1 aromatic heterocycles. The molecule has 0 saturated heterocycles. The zero-order chi connectivity index (χ0) is 14.3. The van der Waals surface area contributed by atoms with Gasteiger partial charge in [-0.2, -0.15) is 11.8 Å². The van der Waals surface area contributed by atoms with Gasteiger partial charge in [-0.1, -0.05) is 13.8 Å². The van der Waals surface area contributed by atoms with Gasteiger partial charge >= 0.3 is 5.69 Å². The van der Waals surface area contributed by atoms with Gasteiger partial charge < -0.3 is 10.6 Å². The van der Waals surface area contributed by atoms with Crippen LogP contribution in [0.3, 0.4) is 0 Å². The molecule has 1 atom stereocenters. The van der Waals surface area contributed by atoms with Gasteiger partial charge in [-0.05, 0) is 18.7 Å². The molecule has 7 heteroatoms. The zero-order valence-electron chi connectivity index (χ0n) is 11.5. The molecule has 0 amide bonds. The Labute approximate surface area is 117 Å². The number of thioether (sulfide) groups is 1. The summed E-state index contributed by atoms with van der Waals surface area (Å²) >= 11 is 1.70. The van der Waals surface area contributed by atoms with Crippen LogP contribution in [0.5, 0.6) is 0 Å². The molecule has 2 N–H and O–H groups in total. The molecule has 0 saturated carbocycles. The molecule has 0 aliphatic heterocycles. The van der Waals surface area contributed by atoms with E-state index < -0.39 is 4.92 Å². The number of nitrogens with one attached hydrogen (secondary N) is 2. The molecule has 0 aliphatic carbocycles. The molecule has 1 unspecified atom stereocenters. The molecule has 0 radical (unpaired) electrons. The number of hydrogen-bond acceptors (Lipinski definition) is 6. The molecule has 0 aromatic carbocycles. The fourth-order valence-electron chi connectivity index (χ4n) is 1.40. The molecule has 1 aromatic rings. The van der Waals surface area contributed by atoms with Gasteiger partial charge in [-0.25, -0.2) is 4.98 Å². The van der Waals surface area contributed by atoms with Crippen molar-refractivity contribution in [1.82, 2.24) is 4.98 Å². The predicted molar refractivity (Wildman–Crippen MR) is 81.1 cm³/mol. The van der Waals surface area contributed by atoms with Crippen LogP contribution in [0.1, 0.15) is 20.3 Å². The Balaban J connectivity index is 2.85. The second-order valence-electron chi connectivity index (χ2n) is 4.18. The van der Waals surface area contributed by atoms with E-state index in [4.69, 9.17) is 0 Å². The highest BCUT2D eigenvalue weighted by Gasteiger charge is 2.16. The van der Waals surface area contributed by atoms with E-state index >= 15 is 0 Å². The van der Waals surface area contributed by atoms with Crippen molar-refractivity contribution in [2.24, 2.45) is 0 Å². The highest BCUT2D eigenvalue weighted by molar-refractivity contribution is 7.99. The van der Waals surface area contributed by atoms with Crippen LogP contribution in [0.15, 0.2) is 12.1 Å². The third kappa shape index (κ3) is 4.94. The van der Waals surface area contributed by atoms with Crippen molar-refractivity contribution in [2.45, 2.75) is 25.5 Å². The summed E-state index contributed by atoms with van der Waals surface area (Å²) in [6, 6.07) is 3.12. The molecule has 0 bridgehead atoms. The van der Waals surface area contributed by atoms with Crippen molar-refractivity contribution in [3.63, 3.8) is 0 Å². The lowest BCUT2D eigenvalue weighted by Crippen LogP contribution is -2.15. The minimum atomic E-state index is -0.414. The van der Waals surface area contributed by atoms with Crippen molar-refractivity contribution < 1.29 is 4.92 Å². The Morgan fingerprint density at radius 1 is 1.47 bits per heavy atom. The first kappa shape index (κ1) is 15.6. The maximum Gasteiger partial charge on any atom is 0.311 e. The van der Waals surface area contributed by atoms with Crippen molar-refractivity contribution in [3.8, 4) is 0 Å². The highest BCUT2D eigenvalue weighted by atomic mass is 32.2. The van der Waals surface area contributed by atoms with E-state index in [2.05, 4.69) is 29.5 Å². The molecule has 0 aliphatic rings. The van der Waals surface area contributed by atoms with Crippen molar-refractivity contribution >= 4 is 29.1 Å². The Hall–Kier alpha value is -1.50. The molecule has 0 fully saturated rings. The van der Waals surface area contributed by atoms with Gasteiger partial charge in [0.2, 0.25) is 5.82 Å². The number of nitro groups is 1. The first-order valence-corrected chi connectivity index (χ1v) is 7.53. The molecule has 19 heavy (non-hydrogen) atoms. The molecule has 106 valence electrons. The van der Waals surface area contributed by atoms with Crippen LogP contribution in [0, 0.1) is 10.1 Å². The molecule has 0 spiro atoms. The topological polar surface area (TPSA) is 80.1 Å². The molecule has 6 nitrogen and oxygen atoms in total. The first-order chi connectivity index (χ1) is 9.08. The number of pyridine rings is 1. The number of anilines is 2. The third-order valence-corrected chi connectivity index (χ3v) is 3.56. The van der Waals surface area contributed by atoms with Crippen LogP contribution in [0.2, 0.25) is 0 Å². The van der Waals surface area contributed by atoms with E-state index in [-0.39, 0.29) is 5.69 Å². The first-order valence-electron chi connectivity index (χ1n) is 6.24. The normalized spacial score (nSPS) is 11.9.